The van der Waals surface area contributed by atoms with Crippen LogP contribution in [-0.2, 0) is 12.7 Å². The molecular formula is C15H19F4N. The Hall–Kier alpha value is -1.10. The molecule has 0 aromatic heterocycles. The molecule has 2 rings (SSSR count). The number of nitrogens with one attached hydrogen (secondary N) is 1. The molecule has 1 N–H and O–H groups in total. The molecule has 1 nitrogen and oxygen atoms in total. The van der Waals surface area contributed by atoms with Crippen LogP contribution in [0.5, 0.6) is 0 Å². The summed E-state index contributed by atoms with van der Waals surface area (Å²) >= 11 is 0. The van der Waals surface area contributed by atoms with Crippen molar-refractivity contribution in [1.29, 1.82) is 0 Å². The van der Waals surface area contributed by atoms with Crippen LogP contribution in [-0.4, -0.2) is 6.04 Å². The van der Waals surface area contributed by atoms with Crippen molar-refractivity contribution in [3.05, 3.63) is 35.1 Å². The van der Waals surface area contributed by atoms with E-state index >= 15 is 0 Å². The average molecular weight is 289 g/mol. The van der Waals surface area contributed by atoms with Gasteiger partial charge in [-0.25, -0.2) is 4.39 Å². The van der Waals surface area contributed by atoms with Crippen molar-refractivity contribution >= 4 is 0 Å². The number of halogens is 4. The Balaban J connectivity index is 1.97. The molecule has 1 aliphatic carbocycles. The molecule has 1 aromatic carbocycles. The second-order valence-corrected chi connectivity index (χ2v) is 5.68. The van der Waals surface area contributed by atoms with E-state index in [1.165, 1.54) is 0 Å². The topological polar surface area (TPSA) is 12.0 Å². The van der Waals surface area contributed by atoms with E-state index in [0.29, 0.717) is 17.7 Å². The number of hydrogen-bond donors (Lipinski definition) is 1. The lowest BCUT2D eigenvalue weighted by Gasteiger charge is -2.27. The molecule has 5 heteroatoms. The standard InChI is InChI=1S/C15H19F4N/c1-10-2-4-14(5-3-10)20-9-11-6-12(15(17,18)19)8-13(16)7-11/h6-8,10,14,20H,2-5,9H2,1H3. The van der Waals surface area contributed by atoms with E-state index < -0.39 is 17.6 Å². The maximum absolute atomic E-state index is 13.2. The van der Waals surface area contributed by atoms with Crippen LogP contribution in [0.25, 0.3) is 0 Å². The fourth-order valence-corrected chi connectivity index (χ4v) is 2.64. The summed E-state index contributed by atoms with van der Waals surface area (Å²) in [4.78, 5) is 0. The normalized spacial score (nSPS) is 23.9. The predicted octanol–water partition coefficient (Wildman–Crippen LogP) is 4.51. The van der Waals surface area contributed by atoms with Crippen molar-refractivity contribution in [3.8, 4) is 0 Å². The summed E-state index contributed by atoms with van der Waals surface area (Å²) in [5, 5.41) is 3.23. The van der Waals surface area contributed by atoms with Crippen molar-refractivity contribution in [3.63, 3.8) is 0 Å². The number of alkyl halides is 3. The number of benzene rings is 1. The van der Waals surface area contributed by atoms with E-state index in [2.05, 4.69) is 12.2 Å². The molecule has 0 unspecified atom stereocenters. The van der Waals surface area contributed by atoms with Gasteiger partial charge in [-0.05, 0) is 55.4 Å². The van der Waals surface area contributed by atoms with Crippen molar-refractivity contribution in [2.24, 2.45) is 5.92 Å². The summed E-state index contributed by atoms with van der Waals surface area (Å²) in [6.45, 7) is 2.48. The third kappa shape index (κ3) is 4.20. The third-order valence-electron chi connectivity index (χ3n) is 3.90. The Labute approximate surface area is 116 Å². The van der Waals surface area contributed by atoms with Gasteiger partial charge in [0.05, 0.1) is 5.56 Å². The van der Waals surface area contributed by atoms with E-state index in [0.717, 1.165) is 43.7 Å². The van der Waals surface area contributed by atoms with Crippen molar-refractivity contribution in [2.75, 3.05) is 0 Å². The highest BCUT2D eigenvalue weighted by Crippen LogP contribution is 2.30. The van der Waals surface area contributed by atoms with Gasteiger partial charge in [0.1, 0.15) is 5.82 Å². The minimum absolute atomic E-state index is 0.278. The SMILES string of the molecule is CC1CCC(NCc2cc(F)cc(C(F)(F)F)c2)CC1. The molecule has 0 atom stereocenters. The molecule has 1 saturated carbocycles. The van der Waals surface area contributed by atoms with Crippen LogP contribution >= 0.6 is 0 Å². The Kier molecular flexibility index (Phi) is 4.68. The zero-order valence-electron chi connectivity index (χ0n) is 11.4. The highest BCUT2D eigenvalue weighted by atomic mass is 19.4. The highest BCUT2D eigenvalue weighted by molar-refractivity contribution is 5.26. The lowest BCUT2D eigenvalue weighted by molar-refractivity contribution is -0.137. The maximum Gasteiger partial charge on any atom is 0.416 e. The van der Waals surface area contributed by atoms with Crippen LogP contribution in [0.15, 0.2) is 18.2 Å². The van der Waals surface area contributed by atoms with Crippen LogP contribution in [0.2, 0.25) is 0 Å². The smallest absolute Gasteiger partial charge is 0.310 e. The van der Waals surface area contributed by atoms with E-state index in [1.807, 2.05) is 0 Å². The molecular weight excluding hydrogens is 270 g/mol. The molecule has 0 heterocycles. The molecule has 0 spiro atoms. The number of rotatable bonds is 3. The van der Waals surface area contributed by atoms with Crippen molar-refractivity contribution in [1.82, 2.24) is 5.32 Å². The fraction of sp³-hybridized carbons (Fsp3) is 0.600. The first-order chi connectivity index (χ1) is 9.34. The van der Waals surface area contributed by atoms with Crippen LogP contribution in [0.3, 0.4) is 0 Å². The Bertz CT molecular complexity index is 448. The molecule has 112 valence electrons. The predicted molar refractivity (Wildman–Crippen MR) is 69.7 cm³/mol. The van der Waals surface area contributed by atoms with Gasteiger partial charge in [-0.3, -0.25) is 0 Å². The van der Waals surface area contributed by atoms with Gasteiger partial charge in [-0.15, -0.1) is 0 Å². The lowest BCUT2D eigenvalue weighted by Crippen LogP contribution is -2.32. The van der Waals surface area contributed by atoms with Crippen LogP contribution in [0.4, 0.5) is 17.6 Å². The summed E-state index contributed by atoms with van der Waals surface area (Å²) < 4.78 is 51.0. The molecule has 0 saturated heterocycles. The fourth-order valence-electron chi connectivity index (χ4n) is 2.64. The van der Waals surface area contributed by atoms with Gasteiger partial charge >= 0.3 is 6.18 Å². The molecule has 0 bridgehead atoms. The second-order valence-electron chi connectivity index (χ2n) is 5.68. The summed E-state index contributed by atoms with van der Waals surface area (Å²) in [6, 6.07) is 3.03. The van der Waals surface area contributed by atoms with Crippen LogP contribution < -0.4 is 5.32 Å². The van der Waals surface area contributed by atoms with E-state index in [4.69, 9.17) is 0 Å². The minimum Gasteiger partial charge on any atom is -0.310 e. The Morgan fingerprint density at radius 2 is 1.75 bits per heavy atom. The van der Waals surface area contributed by atoms with Gasteiger partial charge in [0, 0.05) is 12.6 Å². The number of hydrogen-bond acceptors (Lipinski definition) is 1. The van der Waals surface area contributed by atoms with Gasteiger partial charge in [-0.2, -0.15) is 13.2 Å². The first kappa shape index (κ1) is 15.3. The zero-order valence-corrected chi connectivity index (χ0v) is 11.4. The zero-order chi connectivity index (χ0) is 14.8. The Morgan fingerprint density at radius 1 is 1.10 bits per heavy atom. The molecule has 1 fully saturated rings. The molecule has 0 radical (unpaired) electrons. The van der Waals surface area contributed by atoms with Crippen molar-refractivity contribution < 1.29 is 17.6 Å². The van der Waals surface area contributed by atoms with Crippen LogP contribution in [0.1, 0.15) is 43.7 Å². The highest BCUT2D eigenvalue weighted by Gasteiger charge is 2.31. The van der Waals surface area contributed by atoms with E-state index in [1.54, 1.807) is 0 Å². The Morgan fingerprint density at radius 3 is 2.35 bits per heavy atom. The minimum atomic E-state index is -4.50. The van der Waals surface area contributed by atoms with E-state index in [9.17, 15) is 17.6 Å². The molecule has 0 aliphatic heterocycles. The van der Waals surface area contributed by atoms with Crippen LogP contribution in [0, 0.1) is 11.7 Å². The monoisotopic (exact) mass is 289 g/mol. The maximum atomic E-state index is 13.2. The van der Waals surface area contributed by atoms with Gasteiger partial charge in [0.15, 0.2) is 0 Å². The first-order valence-corrected chi connectivity index (χ1v) is 6.94. The summed E-state index contributed by atoms with van der Waals surface area (Å²) in [7, 11) is 0. The molecule has 0 amide bonds. The second kappa shape index (κ2) is 6.12. The molecule has 1 aliphatic rings. The molecule has 1 aromatic rings. The lowest BCUT2D eigenvalue weighted by atomic mass is 9.87. The summed E-state index contributed by atoms with van der Waals surface area (Å²) in [5.74, 6) is -0.118. The quantitative estimate of drug-likeness (QED) is 0.807. The van der Waals surface area contributed by atoms with Gasteiger partial charge in [-0.1, -0.05) is 6.92 Å². The third-order valence-corrected chi connectivity index (χ3v) is 3.90. The largest absolute Gasteiger partial charge is 0.416 e. The summed E-state index contributed by atoms with van der Waals surface area (Å²) in [5.41, 5.74) is -0.581. The molecule has 20 heavy (non-hydrogen) atoms. The summed E-state index contributed by atoms with van der Waals surface area (Å²) in [6.07, 6.45) is -0.175. The van der Waals surface area contributed by atoms with E-state index in [-0.39, 0.29) is 6.54 Å². The van der Waals surface area contributed by atoms with Gasteiger partial charge in [0.25, 0.3) is 0 Å². The first-order valence-electron chi connectivity index (χ1n) is 6.94. The van der Waals surface area contributed by atoms with Gasteiger partial charge < -0.3 is 5.32 Å². The average Bonchev–Trinajstić information content (AvgIpc) is 2.36. The van der Waals surface area contributed by atoms with Gasteiger partial charge in [0.2, 0.25) is 0 Å². The van der Waals surface area contributed by atoms with Crippen molar-refractivity contribution in [2.45, 2.75) is 51.4 Å².